The van der Waals surface area contributed by atoms with Crippen LogP contribution in [0, 0.1) is 0 Å². The molecule has 1 aromatic heterocycles. The molecule has 0 atom stereocenters. The number of carbonyl (C=O) groups excluding carboxylic acids is 1. The highest BCUT2D eigenvalue weighted by Crippen LogP contribution is 2.21. The second-order valence-electron chi connectivity index (χ2n) is 7.87. The first kappa shape index (κ1) is 20.6. The van der Waals surface area contributed by atoms with Crippen molar-refractivity contribution < 1.29 is 9.32 Å². The fourth-order valence-corrected chi connectivity index (χ4v) is 3.75. The summed E-state index contributed by atoms with van der Waals surface area (Å²) in [4.78, 5) is 21.4. The van der Waals surface area contributed by atoms with Gasteiger partial charge in [0.25, 0.3) is 5.91 Å². The van der Waals surface area contributed by atoms with E-state index in [1.807, 2.05) is 53.4 Å². The normalized spacial score (nSPS) is 15.0. The number of hydrogen-bond acceptors (Lipinski definition) is 5. The molecule has 6 nitrogen and oxygen atoms in total. The van der Waals surface area contributed by atoms with Gasteiger partial charge in [-0.2, -0.15) is 4.98 Å². The predicted octanol–water partition coefficient (Wildman–Crippen LogP) is 4.47. The van der Waals surface area contributed by atoms with E-state index in [4.69, 9.17) is 16.1 Å². The summed E-state index contributed by atoms with van der Waals surface area (Å²) in [5, 5.41) is 4.70. The van der Waals surface area contributed by atoms with Gasteiger partial charge in [-0.15, -0.1) is 0 Å². The van der Waals surface area contributed by atoms with Crippen molar-refractivity contribution in [2.24, 2.45) is 0 Å². The molecule has 0 unspecified atom stereocenters. The molecule has 0 saturated carbocycles. The molecular formula is C23H25ClN4O2. The summed E-state index contributed by atoms with van der Waals surface area (Å²) < 4.78 is 5.41. The highest BCUT2D eigenvalue weighted by Gasteiger charge is 2.23. The van der Waals surface area contributed by atoms with Crippen molar-refractivity contribution in [3.05, 3.63) is 70.6 Å². The molecule has 2 aromatic carbocycles. The van der Waals surface area contributed by atoms with Crippen LogP contribution < -0.4 is 0 Å². The second-order valence-corrected chi connectivity index (χ2v) is 8.30. The van der Waals surface area contributed by atoms with E-state index in [1.54, 1.807) is 0 Å². The minimum Gasteiger partial charge on any atom is -0.338 e. The van der Waals surface area contributed by atoms with Crippen molar-refractivity contribution in [1.82, 2.24) is 19.9 Å². The van der Waals surface area contributed by atoms with E-state index >= 15 is 0 Å². The van der Waals surface area contributed by atoms with Crippen molar-refractivity contribution >= 4 is 17.5 Å². The van der Waals surface area contributed by atoms with Gasteiger partial charge in [-0.3, -0.25) is 9.69 Å². The summed E-state index contributed by atoms with van der Waals surface area (Å²) in [6, 6.07) is 15.3. The number of benzene rings is 2. The van der Waals surface area contributed by atoms with Crippen molar-refractivity contribution in [3.8, 4) is 11.4 Å². The maximum Gasteiger partial charge on any atom is 0.253 e. The van der Waals surface area contributed by atoms with Gasteiger partial charge in [0.1, 0.15) is 0 Å². The zero-order chi connectivity index (χ0) is 21.1. The molecule has 1 aliphatic heterocycles. The van der Waals surface area contributed by atoms with Gasteiger partial charge in [-0.05, 0) is 35.7 Å². The van der Waals surface area contributed by atoms with E-state index in [0.29, 0.717) is 42.3 Å². The summed E-state index contributed by atoms with van der Waals surface area (Å²) >= 11 is 6.04. The molecule has 2 heterocycles. The molecule has 0 bridgehead atoms. The van der Waals surface area contributed by atoms with Gasteiger partial charge in [0.05, 0.1) is 6.54 Å². The summed E-state index contributed by atoms with van der Waals surface area (Å²) in [6.07, 6.45) is 0. The Morgan fingerprint density at radius 3 is 2.50 bits per heavy atom. The lowest BCUT2D eigenvalue weighted by Crippen LogP contribution is -2.48. The van der Waals surface area contributed by atoms with Crippen LogP contribution in [0.1, 0.15) is 41.6 Å². The molecule has 156 valence electrons. The Bertz CT molecular complexity index is 1010. The lowest BCUT2D eigenvalue weighted by atomic mass is 10.0. The highest BCUT2D eigenvalue weighted by atomic mass is 35.5. The van der Waals surface area contributed by atoms with Crippen LogP contribution in [0.2, 0.25) is 5.02 Å². The zero-order valence-corrected chi connectivity index (χ0v) is 18.0. The maximum absolute atomic E-state index is 12.8. The van der Waals surface area contributed by atoms with E-state index in [1.165, 1.54) is 5.56 Å². The van der Waals surface area contributed by atoms with Gasteiger partial charge in [0.15, 0.2) is 0 Å². The van der Waals surface area contributed by atoms with Crippen molar-refractivity contribution in [2.75, 3.05) is 26.2 Å². The maximum atomic E-state index is 12.8. The molecule has 0 spiro atoms. The van der Waals surface area contributed by atoms with Crippen LogP contribution in [-0.4, -0.2) is 52.0 Å². The van der Waals surface area contributed by atoms with Crippen LogP contribution in [0.5, 0.6) is 0 Å². The Labute approximate surface area is 181 Å². The molecule has 0 radical (unpaired) electrons. The Morgan fingerprint density at radius 2 is 1.83 bits per heavy atom. The Balaban J connectivity index is 1.32. The molecule has 3 aromatic rings. The first-order valence-corrected chi connectivity index (χ1v) is 10.6. The number of rotatable bonds is 5. The topological polar surface area (TPSA) is 62.5 Å². The number of amides is 1. The number of nitrogens with zero attached hydrogens (tertiary/aromatic N) is 4. The molecule has 1 saturated heterocycles. The largest absolute Gasteiger partial charge is 0.338 e. The van der Waals surface area contributed by atoms with E-state index in [0.717, 1.165) is 24.2 Å². The molecule has 1 amide bonds. The van der Waals surface area contributed by atoms with Crippen LogP contribution in [0.3, 0.4) is 0 Å². The molecule has 7 heteroatoms. The van der Waals surface area contributed by atoms with Crippen LogP contribution in [0.25, 0.3) is 11.4 Å². The third-order valence-electron chi connectivity index (χ3n) is 5.39. The molecule has 30 heavy (non-hydrogen) atoms. The van der Waals surface area contributed by atoms with E-state index < -0.39 is 0 Å². The Hall–Kier alpha value is -2.70. The summed E-state index contributed by atoms with van der Waals surface area (Å²) in [6.45, 7) is 7.77. The highest BCUT2D eigenvalue weighted by molar-refractivity contribution is 6.30. The molecule has 1 fully saturated rings. The summed E-state index contributed by atoms with van der Waals surface area (Å²) in [5.74, 6) is 1.65. The first-order valence-electron chi connectivity index (χ1n) is 10.2. The van der Waals surface area contributed by atoms with Crippen molar-refractivity contribution in [3.63, 3.8) is 0 Å². The minimum atomic E-state index is 0.0889. The fourth-order valence-electron chi connectivity index (χ4n) is 3.56. The Morgan fingerprint density at radius 1 is 1.10 bits per heavy atom. The molecular weight excluding hydrogens is 400 g/mol. The van der Waals surface area contributed by atoms with Crippen molar-refractivity contribution in [2.45, 2.75) is 26.3 Å². The number of halogens is 1. The lowest BCUT2D eigenvalue weighted by molar-refractivity contribution is 0.0615. The van der Waals surface area contributed by atoms with Gasteiger partial charge in [-0.25, -0.2) is 0 Å². The van der Waals surface area contributed by atoms with Gasteiger partial charge < -0.3 is 9.42 Å². The minimum absolute atomic E-state index is 0.0889. The van der Waals surface area contributed by atoms with Gasteiger partial charge >= 0.3 is 0 Å². The monoisotopic (exact) mass is 424 g/mol. The van der Waals surface area contributed by atoms with Crippen LogP contribution in [0.4, 0.5) is 0 Å². The van der Waals surface area contributed by atoms with Gasteiger partial charge in [0.2, 0.25) is 11.7 Å². The third-order valence-corrected chi connectivity index (χ3v) is 5.63. The summed E-state index contributed by atoms with van der Waals surface area (Å²) in [5.41, 5.74) is 2.82. The molecule has 0 N–H and O–H groups in total. The van der Waals surface area contributed by atoms with Gasteiger partial charge in [-0.1, -0.05) is 54.9 Å². The SMILES string of the molecule is CC(C)c1ccc(C(=O)N2CCN(Cc3nc(-c4cccc(Cl)c4)no3)CC2)cc1. The number of aromatic nitrogens is 2. The molecule has 4 rings (SSSR count). The zero-order valence-electron chi connectivity index (χ0n) is 17.2. The van der Waals surface area contributed by atoms with Gasteiger partial charge in [0, 0.05) is 42.3 Å². The standard InChI is InChI=1S/C23H25ClN4O2/c1-16(2)17-6-8-18(9-7-17)23(29)28-12-10-27(11-13-28)15-21-25-22(26-30-21)19-4-3-5-20(24)14-19/h3-9,14,16H,10-13,15H2,1-2H3. The smallest absolute Gasteiger partial charge is 0.253 e. The van der Waals surface area contributed by atoms with Crippen molar-refractivity contribution in [1.29, 1.82) is 0 Å². The number of hydrogen-bond donors (Lipinski definition) is 0. The molecule has 0 aliphatic carbocycles. The Kier molecular flexibility index (Phi) is 6.16. The average Bonchev–Trinajstić information content (AvgIpc) is 3.22. The van der Waals surface area contributed by atoms with Crippen LogP contribution in [0.15, 0.2) is 53.1 Å². The third kappa shape index (κ3) is 4.71. The van der Waals surface area contributed by atoms with E-state index in [9.17, 15) is 4.79 Å². The quantitative estimate of drug-likeness (QED) is 0.604. The first-order chi connectivity index (χ1) is 14.5. The lowest BCUT2D eigenvalue weighted by Gasteiger charge is -2.34. The summed E-state index contributed by atoms with van der Waals surface area (Å²) in [7, 11) is 0. The predicted molar refractivity (Wildman–Crippen MR) is 116 cm³/mol. The number of carbonyl (C=O) groups is 1. The van der Waals surface area contributed by atoms with Crippen LogP contribution >= 0.6 is 11.6 Å². The van der Waals surface area contributed by atoms with Crippen LogP contribution in [-0.2, 0) is 6.54 Å². The molecule has 1 aliphatic rings. The van der Waals surface area contributed by atoms with E-state index in [-0.39, 0.29) is 5.91 Å². The second kappa shape index (κ2) is 8.98. The average molecular weight is 425 g/mol. The van der Waals surface area contributed by atoms with E-state index in [2.05, 4.69) is 28.9 Å². The fraction of sp³-hybridized carbons (Fsp3) is 0.348. The number of piperazine rings is 1.